The summed E-state index contributed by atoms with van der Waals surface area (Å²) in [5.41, 5.74) is 22.0. The summed E-state index contributed by atoms with van der Waals surface area (Å²) in [6.07, 6.45) is 5.92. The monoisotopic (exact) mass is 759 g/mol. The van der Waals surface area contributed by atoms with Crippen LogP contribution in [0.5, 0.6) is 0 Å². The van der Waals surface area contributed by atoms with Gasteiger partial charge in [0.2, 0.25) is 0 Å². The highest BCUT2D eigenvalue weighted by atomic mass is 14.7. The van der Waals surface area contributed by atoms with Crippen molar-refractivity contribution in [1.82, 2.24) is 4.98 Å². The van der Waals surface area contributed by atoms with E-state index in [-0.39, 0.29) is 0 Å². The first kappa shape index (κ1) is 35.1. The van der Waals surface area contributed by atoms with E-state index in [0.29, 0.717) is 0 Å². The van der Waals surface area contributed by atoms with Crippen LogP contribution < -0.4 is 0 Å². The van der Waals surface area contributed by atoms with Crippen LogP contribution in [0.1, 0.15) is 5.69 Å². The topological polar surface area (TPSA) is 12.9 Å². The number of hydrogen-bond donors (Lipinski definition) is 0. The fourth-order valence-corrected chi connectivity index (χ4v) is 8.84. The van der Waals surface area contributed by atoms with Crippen LogP contribution in [0.4, 0.5) is 0 Å². The van der Waals surface area contributed by atoms with E-state index in [9.17, 15) is 0 Å². The number of fused-ring (bicyclic) bond motifs is 4. The van der Waals surface area contributed by atoms with E-state index in [1.807, 2.05) is 18.2 Å². The first-order valence-electron chi connectivity index (χ1n) is 20.4. The molecule has 278 valence electrons. The second kappa shape index (κ2) is 15.0. The number of aromatic nitrogens is 1. The van der Waals surface area contributed by atoms with Crippen LogP contribution >= 0.6 is 0 Å². The molecule has 0 spiro atoms. The summed E-state index contributed by atoms with van der Waals surface area (Å²) in [5, 5.41) is 7.32. The van der Waals surface area contributed by atoms with Crippen molar-refractivity contribution in [1.29, 1.82) is 0 Å². The summed E-state index contributed by atoms with van der Waals surface area (Å²) in [7, 11) is 0. The smallest absolute Gasteiger partial charge is 0.0722 e. The third-order valence-corrected chi connectivity index (χ3v) is 11.7. The van der Waals surface area contributed by atoms with Crippen LogP contribution in [0, 0.1) is 0 Å². The lowest BCUT2D eigenvalue weighted by Crippen LogP contribution is -1.95. The summed E-state index contributed by atoms with van der Waals surface area (Å²) in [4.78, 5) is 5.16. The summed E-state index contributed by atoms with van der Waals surface area (Å²) < 4.78 is 0. The van der Waals surface area contributed by atoms with Gasteiger partial charge < -0.3 is 0 Å². The molecule has 0 aliphatic heterocycles. The Morgan fingerprint density at radius 1 is 0.317 bits per heavy atom. The highest BCUT2D eigenvalue weighted by Crippen LogP contribution is 2.47. The average molecular weight is 760 g/mol. The zero-order chi connectivity index (χ0) is 39.8. The Morgan fingerprint density at radius 3 is 1.37 bits per heavy atom. The van der Waals surface area contributed by atoms with E-state index in [4.69, 9.17) is 4.98 Å². The number of allylic oxidation sites excluding steroid dienone is 4. The number of nitrogens with zero attached hydrogens (tertiary/aromatic N) is 1. The van der Waals surface area contributed by atoms with Gasteiger partial charge in [0.25, 0.3) is 0 Å². The summed E-state index contributed by atoms with van der Waals surface area (Å²) in [5.74, 6) is 0. The van der Waals surface area contributed by atoms with Crippen LogP contribution in [-0.2, 0) is 0 Å². The lowest BCUT2D eigenvalue weighted by atomic mass is 9.82. The molecule has 0 unspecified atom stereocenters. The highest BCUT2D eigenvalue weighted by molar-refractivity contribution is 6.23. The van der Waals surface area contributed by atoms with Crippen molar-refractivity contribution in [3.63, 3.8) is 0 Å². The molecule has 9 aromatic carbocycles. The Balaban J connectivity index is 1.20. The Labute approximate surface area is 349 Å². The molecule has 0 radical (unpaired) electrons. The Bertz CT molecular complexity index is 3400. The molecule has 1 heteroatoms. The maximum atomic E-state index is 5.16. The Morgan fingerprint density at radius 2 is 0.800 bits per heavy atom. The van der Waals surface area contributed by atoms with Crippen molar-refractivity contribution < 1.29 is 0 Å². The molecular weight excluding hydrogens is 723 g/mol. The largest absolute Gasteiger partial charge is 0.248 e. The van der Waals surface area contributed by atoms with Gasteiger partial charge in [-0.25, -0.2) is 4.98 Å². The maximum absolute atomic E-state index is 5.16. The van der Waals surface area contributed by atoms with Crippen LogP contribution in [-0.4, -0.2) is 4.98 Å². The molecule has 1 aliphatic rings. The van der Waals surface area contributed by atoms with Gasteiger partial charge in [0.05, 0.1) is 11.4 Å². The minimum absolute atomic E-state index is 0.902. The average Bonchev–Trinajstić information content (AvgIpc) is 3.34. The molecule has 60 heavy (non-hydrogen) atoms. The predicted octanol–water partition coefficient (Wildman–Crippen LogP) is 15.8. The molecule has 0 N–H and O–H groups in total. The molecule has 0 fully saturated rings. The van der Waals surface area contributed by atoms with Crippen LogP contribution in [0.3, 0.4) is 0 Å². The minimum atomic E-state index is 0.902. The first-order valence-corrected chi connectivity index (χ1v) is 20.4. The van der Waals surface area contributed by atoms with Crippen molar-refractivity contribution in [2.24, 2.45) is 0 Å². The number of hydrogen-bond acceptors (Lipinski definition) is 1. The van der Waals surface area contributed by atoms with Gasteiger partial charge in [-0.2, -0.15) is 0 Å². The van der Waals surface area contributed by atoms with Crippen LogP contribution in [0.2, 0.25) is 0 Å². The van der Waals surface area contributed by atoms with Gasteiger partial charge in [-0.05, 0) is 143 Å². The van der Waals surface area contributed by atoms with E-state index in [1.165, 1.54) is 76.8 Å². The second-order valence-electron chi connectivity index (χ2n) is 15.3. The van der Waals surface area contributed by atoms with Gasteiger partial charge in [0.15, 0.2) is 0 Å². The molecule has 1 heterocycles. The maximum Gasteiger partial charge on any atom is 0.0722 e. The van der Waals surface area contributed by atoms with E-state index in [1.54, 1.807) is 0 Å². The molecule has 0 bridgehead atoms. The fourth-order valence-electron chi connectivity index (χ4n) is 8.84. The van der Waals surface area contributed by atoms with Crippen LogP contribution in [0.25, 0.3) is 105 Å². The zero-order valence-electron chi connectivity index (χ0n) is 32.8. The van der Waals surface area contributed by atoms with Crippen molar-refractivity contribution in [3.8, 4) is 66.9 Å². The van der Waals surface area contributed by atoms with Gasteiger partial charge in [-0.1, -0.05) is 181 Å². The summed E-state index contributed by atoms with van der Waals surface area (Å²) in [6, 6.07) is 75.0. The molecule has 0 amide bonds. The molecule has 1 nitrogen and oxygen atoms in total. The SMILES string of the molecule is C1=C=CC(c2cc(-c3ccc4c(c3)c(-c3ccccc3)c(-c3ccccc3)c3cc(-c5cc6ccccc6cc5-c5ccccc5)ccc34)cc(-c3ccccc3)n2)=CC=1. The van der Waals surface area contributed by atoms with Crippen molar-refractivity contribution in [3.05, 3.63) is 242 Å². The standard InChI is InChI=1S/C59H37N/c1-6-18-40(19-7-1)52-34-45-28-16-17-29-46(45)35-53(52)48-31-33-51-50-32-30-47(49-38-56(41-20-8-2-9-21-41)60-57(39-49)42-22-10-3-11-23-42)36-54(50)58(43-24-12-4-13-25-43)59(55(51)37-48)44-26-14-5-15-27-44/h1-2,4-10,12-39H. The van der Waals surface area contributed by atoms with E-state index >= 15 is 0 Å². The molecule has 0 saturated heterocycles. The normalized spacial score (nSPS) is 12.0. The Hall–Kier alpha value is -8.05. The van der Waals surface area contributed by atoms with Gasteiger partial charge in [-0.15, -0.1) is 0 Å². The number of benzene rings is 9. The van der Waals surface area contributed by atoms with Gasteiger partial charge in [0.1, 0.15) is 0 Å². The van der Waals surface area contributed by atoms with E-state index < -0.39 is 0 Å². The molecule has 0 atom stereocenters. The third kappa shape index (κ3) is 6.38. The third-order valence-electron chi connectivity index (χ3n) is 11.7. The molecule has 1 aliphatic carbocycles. The van der Waals surface area contributed by atoms with Crippen molar-refractivity contribution >= 4 is 37.9 Å². The zero-order valence-corrected chi connectivity index (χ0v) is 32.8. The van der Waals surface area contributed by atoms with E-state index in [0.717, 1.165) is 33.7 Å². The Kier molecular flexibility index (Phi) is 8.81. The summed E-state index contributed by atoms with van der Waals surface area (Å²) in [6.45, 7) is 0. The summed E-state index contributed by atoms with van der Waals surface area (Å²) >= 11 is 0. The lowest BCUT2D eigenvalue weighted by molar-refractivity contribution is 1.28. The minimum Gasteiger partial charge on any atom is -0.248 e. The highest BCUT2D eigenvalue weighted by Gasteiger charge is 2.21. The molecule has 11 rings (SSSR count). The molecular formula is C59H37N. The number of rotatable bonds is 7. The van der Waals surface area contributed by atoms with Gasteiger partial charge in [0, 0.05) is 11.1 Å². The second-order valence-corrected chi connectivity index (χ2v) is 15.3. The van der Waals surface area contributed by atoms with Crippen LogP contribution in [0.15, 0.2) is 236 Å². The van der Waals surface area contributed by atoms with Crippen molar-refractivity contribution in [2.75, 3.05) is 0 Å². The fraction of sp³-hybridized carbons (Fsp3) is 0. The van der Waals surface area contributed by atoms with Gasteiger partial charge >= 0.3 is 0 Å². The van der Waals surface area contributed by atoms with Crippen molar-refractivity contribution in [2.45, 2.75) is 0 Å². The lowest BCUT2D eigenvalue weighted by Gasteiger charge is -2.21. The van der Waals surface area contributed by atoms with Gasteiger partial charge in [-0.3, -0.25) is 0 Å². The first-order chi connectivity index (χ1) is 29.7. The quantitative estimate of drug-likeness (QED) is 0.116. The molecule has 10 aromatic rings. The molecule has 0 saturated carbocycles. The number of pyridine rings is 1. The molecule has 1 aromatic heterocycles. The predicted molar refractivity (Wildman–Crippen MR) is 254 cm³/mol. The van der Waals surface area contributed by atoms with E-state index in [2.05, 4.69) is 218 Å².